The number of rotatable bonds is 7. The molecule has 4 aromatic rings. The van der Waals surface area contributed by atoms with Gasteiger partial charge < -0.3 is 21.1 Å². The lowest BCUT2D eigenvalue weighted by Gasteiger charge is -2.22. The van der Waals surface area contributed by atoms with Gasteiger partial charge in [0.2, 0.25) is 5.91 Å². The zero-order valence-corrected chi connectivity index (χ0v) is 16.7. The average Bonchev–Trinajstić information content (AvgIpc) is 3.23. The fourth-order valence-corrected chi connectivity index (χ4v) is 3.56. The second-order valence-corrected chi connectivity index (χ2v) is 7.29. The number of nitrogens with zero attached hydrogens (tertiary/aromatic N) is 1. The highest BCUT2D eigenvalue weighted by molar-refractivity contribution is 6.01. The molecule has 0 aliphatic rings. The molecule has 2 aromatic heterocycles. The summed E-state index contributed by atoms with van der Waals surface area (Å²) in [4.78, 5) is 32.5. The number of aromatic nitrogens is 2. The Balaban J connectivity index is 1.64. The maximum absolute atomic E-state index is 13.2. The van der Waals surface area contributed by atoms with Gasteiger partial charge >= 0.3 is 0 Å². The summed E-state index contributed by atoms with van der Waals surface area (Å²) in [7, 11) is 0. The molecule has 0 aliphatic carbocycles. The van der Waals surface area contributed by atoms with Gasteiger partial charge in [0.1, 0.15) is 0 Å². The van der Waals surface area contributed by atoms with Crippen LogP contribution in [0.2, 0.25) is 0 Å². The second kappa shape index (κ2) is 8.81. The summed E-state index contributed by atoms with van der Waals surface area (Å²) in [6.07, 6.45) is 0.327. The van der Waals surface area contributed by atoms with Gasteiger partial charge in [-0.25, -0.2) is 0 Å². The number of nitrogens with two attached hydrogens (primary N) is 1. The zero-order valence-electron chi connectivity index (χ0n) is 16.7. The number of hydrogen-bond donors (Lipinski definition) is 4. The Morgan fingerprint density at radius 1 is 1.03 bits per heavy atom. The van der Waals surface area contributed by atoms with Crippen molar-refractivity contribution >= 4 is 22.7 Å². The highest BCUT2D eigenvalue weighted by atomic mass is 16.3. The van der Waals surface area contributed by atoms with E-state index in [-0.39, 0.29) is 6.42 Å². The fraction of sp³-hybridized carbons (Fsp3) is 0.125. The molecule has 2 unspecified atom stereocenters. The van der Waals surface area contributed by atoms with Gasteiger partial charge in [-0.2, -0.15) is 0 Å². The number of pyridine rings is 1. The minimum atomic E-state index is -1.53. The Bertz CT molecular complexity index is 1190. The van der Waals surface area contributed by atoms with Crippen LogP contribution in [-0.2, 0) is 11.2 Å². The topological polar surface area (TPSA) is 121 Å². The molecule has 0 radical (unpaired) electrons. The van der Waals surface area contributed by atoms with E-state index >= 15 is 0 Å². The number of aliphatic hydroxyl groups is 1. The third-order valence-electron chi connectivity index (χ3n) is 5.12. The summed E-state index contributed by atoms with van der Waals surface area (Å²) < 4.78 is 0. The normalized spacial score (nSPS) is 12.9. The smallest absolute Gasteiger partial charge is 0.253 e. The van der Waals surface area contributed by atoms with E-state index in [1.165, 1.54) is 0 Å². The lowest BCUT2D eigenvalue weighted by atomic mass is 10.00. The molecule has 31 heavy (non-hydrogen) atoms. The lowest BCUT2D eigenvalue weighted by Crippen LogP contribution is -2.50. The van der Waals surface area contributed by atoms with E-state index in [0.29, 0.717) is 17.0 Å². The third-order valence-corrected chi connectivity index (χ3v) is 5.12. The van der Waals surface area contributed by atoms with Gasteiger partial charge in [0.15, 0.2) is 6.10 Å². The Labute approximate surface area is 178 Å². The molecule has 7 nitrogen and oxygen atoms in total. The van der Waals surface area contributed by atoms with Crippen LogP contribution in [-0.4, -0.2) is 39.0 Å². The Kier molecular flexibility index (Phi) is 5.77. The predicted molar refractivity (Wildman–Crippen MR) is 118 cm³/mol. The molecule has 2 amide bonds. The van der Waals surface area contributed by atoms with Crippen LogP contribution in [0, 0.1) is 0 Å². The van der Waals surface area contributed by atoms with Crippen LogP contribution in [0.4, 0.5) is 0 Å². The molecule has 0 saturated heterocycles. The van der Waals surface area contributed by atoms with Crippen molar-refractivity contribution in [3.63, 3.8) is 0 Å². The zero-order chi connectivity index (χ0) is 21.8. The number of primary amides is 1. The van der Waals surface area contributed by atoms with Crippen LogP contribution < -0.4 is 11.1 Å². The average molecular weight is 414 g/mol. The first-order valence-corrected chi connectivity index (χ1v) is 9.88. The van der Waals surface area contributed by atoms with Crippen molar-refractivity contribution < 1.29 is 14.7 Å². The first-order valence-electron chi connectivity index (χ1n) is 9.88. The van der Waals surface area contributed by atoms with E-state index in [1.807, 2.05) is 60.7 Å². The first kappa shape index (κ1) is 20.3. The number of H-pyrrole nitrogens is 1. The maximum atomic E-state index is 13.2. The van der Waals surface area contributed by atoms with Gasteiger partial charge in [0.05, 0.1) is 23.0 Å². The van der Waals surface area contributed by atoms with E-state index in [4.69, 9.17) is 5.73 Å². The van der Waals surface area contributed by atoms with E-state index in [2.05, 4.69) is 15.3 Å². The van der Waals surface area contributed by atoms with Gasteiger partial charge in [0.25, 0.3) is 5.91 Å². The molecule has 4 rings (SSSR count). The number of amides is 2. The number of hydrogen-bond acceptors (Lipinski definition) is 4. The van der Waals surface area contributed by atoms with E-state index in [0.717, 1.165) is 16.5 Å². The number of nitrogens with one attached hydrogen (secondary N) is 2. The Morgan fingerprint density at radius 3 is 2.52 bits per heavy atom. The summed E-state index contributed by atoms with van der Waals surface area (Å²) in [5, 5.41) is 14.1. The molecule has 0 fully saturated rings. The van der Waals surface area contributed by atoms with Gasteiger partial charge in [-0.1, -0.05) is 48.5 Å². The first-order chi connectivity index (χ1) is 15.0. The molecule has 2 atom stereocenters. The standard InChI is InChI=1S/C24H22N4O3/c25-23(30)22(29)20(13-15-7-2-1-3-8-15)28-24(31)17-10-6-12-26-21(17)19-14-16-9-4-5-11-18(16)27-19/h1-12,14,20,22,27,29H,13H2,(H2,25,30)(H,28,31). The summed E-state index contributed by atoms with van der Waals surface area (Å²) in [5.74, 6) is -1.36. The summed E-state index contributed by atoms with van der Waals surface area (Å²) in [5.41, 5.74) is 8.59. The molecule has 5 N–H and O–H groups in total. The molecule has 2 heterocycles. The van der Waals surface area contributed by atoms with Crippen LogP contribution in [0.1, 0.15) is 15.9 Å². The van der Waals surface area contributed by atoms with Crippen molar-refractivity contribution in [2.45, 2.75) is 18.6 Å². The second-order valence-electron chi connectivity index (χ2n) is 7.29. The van der Waals surface area contributed by atoms with Crippen LogP contribution in [0.15, 0.2) is 79.0 Å². The molecular weight excluding hydrogens is 392 g/mol. The number of fused-ring (bicyclic) bond motifs is 1. The minimum Gasteiger partial charge on any atom is -0.381 e. The van der Waals surface area contributed by atoms with E-state index in [9.17, 15) is 14.7 Å². The number of aliphatic hydroxyl groups excluding tert-OH is 1. The maximum Gasteiger partial charge on any atom is 0.253 e. The van der Waals surface area contributed by atoms with Gasteiger partial charge in [-0.3, -0.25) is 14.6 Å². The van der Waals surface area contributed by atoms with Crippen LogP contribution in [0.5, 0.6) is 0 Å². The molecule has 0 saturated carbocycles. The summed E-state index contributed by atoms with van der Waals surface area (Å²) >= 11 is 0. The van der Waals surface area contributed by atoms with Gasteiger partial charge in [-0.15, -0.1) is 0 Å². The predicted octanol–water partition coefficient (Wildman–Crippen LogP) is 2.42. The summed E-state index contributed by atoms with van der Waals surface area (Å²) in [6.45, 7) is 0. The van der Waals surface area contributed by atoms with Crippen LogP contribution >= 0.6 is 0 Å². The highest BCUT2D eigenvalue weighted by Gasteiger charge is 2.27. The Morgan fingerprint density at radius 2 is 1.77 bits per heavy atom. The van der Waals surface area contributed by atoms with Crippen molar-refractivity contribution in [2.24, 2.45) is 5.73 Å². The number of carbonyl (C=O) groups excluding carboxylic acids is 2. The molecule has 0 bridgehead atoms. The van der Waals surface area contributed by atoms with Gasteiger partial charge in [-0.05, 0) is 36.2 Å². The number of aromatic amines is 1. The summed E-state index contributed by atoms with van der Waals surface area (Å²) in [6, 6.07) is 21.4. The van der Waals surface area contributed by atoms with E-state index < -0.39 is 24.0 Å². The third kappa shape index (κ3) is 4.46. The molecule has 2 aromatic carbocycles. The molecule has 0 aliphatic heterocycles. The number of carbonyl (C=O) groups is 2. The van der Waals surface area contributed by atoms with Crippen LogP contribution in [0.3, 0.4) is 0 Å². The van der Waals surface area contributed by atoms with Gasteiger partial charge in [0, 0.05) is 17.1 Å². The van der Waals surface area contributed by atoms with E-state index in [1.54, 1.807) is 18.3 Å². The Hall–Kier alpha value is -3.97. The molecular formula is C24H22N4O3. The molecule has 0 spiro atoms. The fourth-order valence-electron chi connectivity index (χ4n) is 3.56. The van der Waals surface area contributed by atoms with Crippen molar-refractivity contribution in [1.29, 1.82) is 0 Å². The highest BCUT2D eigenvalue weighted by Crippen LogP contribution is 2.25. The molecule has 7 heteroatoms. The molecule has 156 valence electrons. The van der Waals surface area contributed by atoms with Crippen molar-refractivity contribution in [2.75, 3.05) is 0 Å². The van der Waals surface area contributed by atoms with Crippen molar-refractivity contribution in [1.82, 2.24) is 15.3 Å². The number of para-hydroxylation sites is 1. The minimum absolute atomic E-state index is 0.249. The SMILES string of the molecule is NC(=O)C(O)C(Cc1ccccc1)NC(=O)c1cccnc1-c1cc2ccccc2[nH]1. The number of benzene rings is 2. The quantitative estimate of drug-likeness (QED) is 0.371. The monoisotopic (exact) mass is 414 g/mol. The van der Waals surface area contributed by atoms with Crippen molar-refractivity contribution in [3.8, 4) is 11.4 Å². The lowest BCUT2D eigenvalue weighted by molar-refractivity contribution is -0.127. The largest absolute Gasteiger partial charge is 0.381 e. The van der Waals surface area contributed by atoms with Crippen LogP contribution in [0.25, 0.3) is 22.3 Å². The van der Waals surface area contributed by atoms with Crippen molar-refractivity contribution in [3.05, 3.63) is 90.1 Å².